The van der Waals surface area contributed by atoms with Gasteiger partial charge < -0.3 is 15.7 Å². The molecule has 0 aromatic rings. The summed E-state index contributed by atoms with van der Waals surface area (Å²) in [6.45, 7) is 2.44. The van der Waals surface area contributed by atoms with Crippen LogP contribution in [0.2, 0.25) is 0 Å². The molecule has 1 heterocycles. The van der Waals surface area contributed by atoms with Crippen LogP contribution in [0.4, 0.5) is 0 Å². The second-order valence-corrected chi connectivity index (χ2v) is 4.02. The number of aliphatic carboxylic acids is 1. The maximum Gasteiger partial charge on any atom is 0.303 e. The van der Waals surface area contributed by atoms with E-state index >= 15 is 0 Å². The quantitative estimate of drug-likeness (QED) is 0.610. The van der Waals surface area contributed by atoms with Crippen molar-refractivity contribution in [2.24, 2.45) is 5.73 Å². The van der Waals surface area contributed by atoms with E-state index in [4.69, 9.17) is 10.8 Å². The molecule has 0 aromatic carbocycles. The lowest BCUT2D eigenvalue weighted by Crippen LogP contribution is -2.50. The fraction of sp³-hybridized carbons (Fsp3) is 0.700. The molecule has 7 nitrogen and oxygen atoms in total. The molecule has 0 bridgehead atoms. The smallest absolute Gasteiger partial charge is 0.303 e. The first-order chi connectivity index (χ1) is 7.99. The Morgan fingerprint density at radius 3 is 2.12 bits per heavy atom. The SMILES string of the molecule is NC(=O)CN1CCN(C(=O)CCC(=O)O)CC1. The Labute approximate surface area is 99.2 Å². The molecule has 0 saturated carbocycles. The summed E-state index contributed by atoms with van der Waals surface area (Å²) >= 11 is 0. The molecular formula is C10H17N3O4. The number of piperazine rings is 1. The number of primary amides is 1. The number of rotatable bonds is 5. The van der Waals surface area contributed by atoms with Crippen molar-refractivity contribution in [1.82, 2.24) is 9.80 Å². The maximum absolute atomic E-state index is 11.6. The van der Waals surface area contributed by atoms with Crippen LogP contribution in [-0.2, 0) is 14.4 Å². The molecule has 3 N–H and O–H groups in total. The zero-order chi connectivity index (χ0) is 12.8. The molecule has 1 aliphatic rings. The van der Waals surface area contributed by atoms with Gasteiger partial charge in [0.2, 0.25) is 11.8 Å². The molecule has 7 heteroatoms. The fourth-order valence-electron chi connectivity index (χ4n) is 1.75. The Bertz CT molecular complexity index is 311. The highest BCUT2D eigenvalue weighted by Crippen LogP contribution is 2.04. The summed E-state index contributed by atoms with van der Waals surface area (Å²) in [6.07, 6.45) is -0.106. The second kappa shape index (κ2) is 6.19. The first-order valence-corrected chi connectivity index (χ1v) is 5.49. The van der Waals surface area contributed by atoms with Gasteiger partial charge in [-0.3, -0.25) is 19.3 Å². The Kier molecular flexibility index (Phi) is 4.89. The number of amides is 2. The topological polar surface area (TPSA) is 104 Å². The van der Waals surface area contributed by atoms with Gasteiger partial charge in [0.15, 0.2) is 0 Å². The molecule has 1 aliphatic heterocycles. The minimum Gasteiger partial charge on any atom is -0.481 e. The van der Waals surface area contributed by atoms with Crippen molar-refractivity contribution < 1.29 is 19.5 Å². The minimum atomic E-state index is -0.967. The van der Waals surface area contributed by atoms with E-state index < -0.39 is 5.97 Å². The molecular weight excluding hydrogens is 226 g/mol. The average molecular weight is 243 g/mol. The molecule has 2 amide bonds. The van der Waals surface area contributed by atoms with E-state index in [-0.39, 0.29) is 31.2 Å². The summed E-state index contributed by atoms with van der Waals surface area (Å²) < 4.78 is 0. The number of nitrogens with zero attached hydrogens (tertiary/aromatic N) is 2. The highest BCUT2D eigenvalue weighted by molar-refractivity contribution is 5.81. The highest BCUT2D eigenvalue weighted by atomic mass is 16.4. The molecule has 17 heavy (non-hydrogen) atoms. The number of hydrogen-bond acceptors (Lipinski definition) is 4. The second-order valence-electron chi connectivity index (χ2n) is 4.02. The average Bonchev–Trinajstić information content (AvgIpc) is 2.26. The third-order valence-corrected chi connectivity index (χ3v) is 2.66. The summed E-state index contributed by atoms with van der Waals surface area (Å²) in [5.74, 6) is -1.49. The third-order valence-electron chi connectivity index (χ3n) is 2.66. The Morgan fingerprint density at radius 1 is 1.06 bits per heavy atom. The van der Waals surface area contributed by atoms with Crippen molar-refractivity contribution in [1.29, 1.82) is 0 Å². The summed E-state index contributed by atoms with van der Waals surface area (Å²) in [4.78, 5) is 36.1. The van der Waals surface area contributed by atoms with Crippen molar-refractivity contribution in [3.63, 3.8) is 0 Å². The van der Waals surface area contributed by atoms with Crippen LogP contribution in [0.5, 0.6) is 0 Å². The molecule has 0 atom stereocenters. The molecule has 0 radical (unpaired) electrons. The third kappa shape index (κ3) is 4.81. The van der Waals surface area contributed by atoms with Crippen molar-refractivity contribution in [3.05, 3.63) is 0 Å². The monoisotopic (exact) mass is 243 g/mol. The number of carboxylic acid groups (broad SMARTS) is 1. The standard InChI is InChI=1S/C10H17N3O4/c11-8(14)7-12-3-5-13(6-4-12)9(15)1-2-10(16)17/h1-7H2,(H2,11,14)(H,16,17). The van der Waals surface area contributed by atoms with Gasteiger partial charge in [0, 0.05) is 32.6 Å². The number of nitrogens with two attached hydrogens (primary N) is 1. The molecule has 1 fully saturated rings. The van der Waals surface area contributed by atoms with E-state index in [1.807, 2.05) is 4.90 Å². The first kappa shape index (κ1) is 13.4. The van der Waals surface area contributed by atoms with Crippen LogP contribution in [0.15, 0.2) is 0 Å². The van der Waals surface area contributed by atoms with Crippen LogP contribution in [0, 0.1) is 0 Å². The van der Waals surface area contributed by atoms with Gasteiger partial charge in [0.05, 0.1) is 13.0 Å². The normalized spacial score (nSPS) is 16.8. The van der Waals surface area contributed by atoms with E-state index in [0.29, 0.717) is 26.2 Å². The lowest BCUT2D eigenvalue weighted by molar-refractivity contribution is -0.141. The molecule has 96 valence electrons. The summed E-state index contributed by atoms with van der Waals surface area (Å²) in [6, 6.07) is 0. The van der Waals surface area contributed by atoms with Crippen molar-refractivity contribution in [2.75, 3.05) is 32.7 Å². The van der Waals surface area contributed by atoms with E-state index in [2.05, 4.69) is 0 Å². The van der Waals surface area contributed by atoms with Crippen molar-refractivity contribution in [2.45, 2.75) is 12.8 Å². The fourth-order valence-corrected chi connectivity index (χ4v) is 1.75. The molecule has 0 aliphatic carbocycles. The largest absolute Gasteiger partial charge is 0.481 e. The molecule has 0 unspecified atom stereocenters. The Balaban J connectivity index is 2.28. The van der Waals surface area contributed by atoms with Crippen LogP contribution in [-0.4, -0.2) is 65.4 Å². The van der Waals surface area contributed by atoms with Gasteiger partial charge >= 0.3 is 5.97 Å². The summed E-state index contributed by atoms with van der Waals surface area (Å²) in [7, 11) is 0. The molecule has 1 rings (SSSR count). The lowest BCUT2D eigenvalue weighted by Gasteiger charge is -2.34. The van der Waals surface area contributed by atoms with E-state index in [9.17, 15) is 14.4 Å². The van der Waals surface area contributed by atoms with Gasteiger partial charge in [0.1, 0.15) is 0 Å². The van der Waals surface area contributed by atoms with Gasteiger partial charge in [-0.25, -0.2) is 0 Å². The number of hydrogen-bond donors (Lipinski definition) is 2. The summed E-state index contributed by atoms with van der Waals surface area (Å²) in [5.41, 5.74) is 5.07. The number of carboxylic acids is 1. The number of carbonyl (C=O) groups is 3. The van der Waals surface area contributed by atoms with Gasteiger partial charge in [-0.2, -0.15) is 0 Å². The minimum absolute atomic E-state index is 0.0329. The van der Waals surface area contributed by atoms with Crippen LogP contribution in [0.1, 0.15) is 12.8 Å². The highest BCUT2D eigenvalue weighted by Gasteiger charge is 2.21. The van der Waals surface area contributed by atoms with Crippen LogP contribution in [0.25, 0.3) is 0 Å². The lowest BCUT2D eigenvalue weighted by atomic mass is 10.2. The van der Waals surface area contributed by atoms with Crippen molar-refractivity contribution in [3.8, 4) is 0 Å². The predicted octanol–water partition coefficient (Wildman–Crippen LogP) is -1.52. The van der Waals surface area contributed by atoms with E-state index in [1.54, 1.807) is 4.90 Å². The molecule has 0 spiro atoms. The van der Waals surface area contributed by atoms with E-state index in [1.165, 1.54) is 0 Å². The zero-order valence-corrected chi connectivity index (χ0v) is 9.59. The van der Waals surface area contributed by atoms with Gasteiger partial charge in [0.25, 0.3) is 0 Å². The molecule has 0 aromatic heterocycles. The zero-order valence-electron chi connectivity index (χ0n) is 9.59. The van der Waals surface area contributed by atoms with Crippen LogP contribution < -0.4 is 5.73 Å². The first-order valence-electron chi connectivity index (χ1n) is 5.49. The maximum atomic E-state index is 11.6. The van der Waals surface area contributed by atoms with E-state index in [0.717, 1.165) is 0 Å². The van der Waals surface area contributed by atoms with Crippen LogP contribution >= 0.6 is 0 Å². The Morgan fingerprint density at radius 2 is 1.65 bits per heavy atom. The van der Waals surface area contributed by atoms with Crippen molar-refractivity contribution >= 4 is 17.8 Å². The Hall–Kier alpha value is -1.63. The summed E-state index contributed by atoms with van der Waals surface area (Å²) in [5, 5.41) is 8.47. The van der Waals surface area contributed by atoms with Gasteiger partial charge in [-0.1, -0.05) is 0 Å². The number of carbonyl (C=O) groups excluding carboxylic acids is 2. The predicted molar refractivity (Wildman–Crippen MR) is 59.1 cm³/mol. The van der Waals surface area contributed by atoms with Gasteiger partial charge in [-0.05, 0) is 0 Å². The molecule has 1 saturated heterocycles. The van der Waals surface area contributed by atoms with Crippen LogP contribution in [0.3, 0.4) is 0 Å². The van der Waals surface area contributed by atoms with Gasteiger partial charge in [-0.15, -0.1) is 0 Å².